The zero-order chi connectivity index (χ0) is 13.5. The fourth-order valence-corrected chi connectivity index (χ4v) is 1.29. The quantitative estimate of drug-likeness (QED) is 0.485. The molecular formula is C10H15NO7. The molecule has 0 bridgehead atoms. The van der Waals surface area contributed by atoms with E-state index in [1.807, 2.05) is 0 Å². The molecule has 1 rings (SSSR count). The second-order valence-electron chi connectivity index (χ2n) is 3.55. The Balaban J connectivity index is 2.33. The maximum atomic E-state index is 11.2. The zero-order valence-corrected chi connectivity index (χ0v) is 10.2. The van der Waals surface area contributed by atoms with E-state index in [-0.39, 0.29) is 26.1 Å². The lowest BCUT2D eigenvalue weighted by Crippen LogP contribution is -2.34. The van der Waals surface area contributed by atoms with Gasteiger partial charge in [0, 0.05) is 27.1 Å². The summed E-state index contributed by atoms with van der Waals surface area (Å²) in [5.74, 6) is -1.12. The first-order valence-corrected chi connectivity index (χ1v) is 5.30. The molecule has 0 aromatic rings. The van der Waals surface area contributed by atoms with Crippen LogP contribution in [0.5, 0.6) is 0 Å². The molecule has 0 spiro atoms. The molecule has 2 amide bonds. The molecule has 1 saturated heterocycles. The molecule has 1 atom stereocenters. The van der Waals surface area contributed by atoms with Crippen LogP contribution >= 0.6 is 0 Å². The Hall–Kier alpha value is -1.67. The molecular weight excluding hydrogens is 246 g/mol. The lowest BCUT2D eigenvalue weighted by Gasteiger charge is -2.16. The largest absolute Gasteiger partial charge is 0.534 e. The van der Waals surface area contributed by atoms with Crippen LogP contribution in [0.2, 0.25) is 0 Å². The topological polar surface area (TPSA) is 91.4 Å². The highest BCUT2D eigenvalue weighted by Crippen LogP contribution is 2.12. The molecule has 0 aromatic carbocycles. The van der Waals surface area contributed by atoms with Crippen LogP contribution in [0.3, 0.4) is 0 Å². The summed E-state index contributed by atoms with van der Waals surface area (Å²) in [6.45, 7) is 0.144. The first-order valence-electron chi connectivity index (χ1n) is 5.30. The molecule has 0 aliphatic carbocycles. The van der Waals surface area contributed by atoms with E-state index in [4.69, 9.17) is 14.2 Å². The molecule has 8 nitrogen and oxygen atoms in total. The van der Waals surface area contributed by atoms with E-state index in [0.29, 0.717) is 5.06 Å². The second kappa shape index (κ2) is 6.92. The number of carbonyl (C=O) groups excluding carboxylic acids is 3. The van der Waals surface area contributed by atoms with Crippen molar-refractivity contribution in [2.24, 2.45) is 0 Å². The number of imide groups is 1. The summed E-state index contributed by atoms with van der Waals surface area (Å²) in [6.07, 6.45) is -1.49. The number of nitrogens with zero attached hydrogens (tertiary/aromatic N) is 1. The van der Waals surface area contributed by atoms with E-state index in [9.17, 15) is 14.4 Å². The smallest absolute Gasteiger partial charge is 0.430 e. The third-order valence-corrected chi connectivity index (χ3v) is 2.24. The minimum absolute atomic E-state index is 0.0382. The van der Waals surface area contributed by atoms with Crippen molar-refractivity contribution >= 4 is 18.0 Å². The van der Waals surface area contributed by atoms with Gasteiger partial charge in [0.25, 0.3) is 11.8 Å². The average Bonchev–Trinajstić information content (AvgIpc) is 2.66. The summed E-state index contributed by atoms with van der Waals surface area (Å²) in [5, 5.41) is 0.417. The van der Waals surface area contributed by atoms with Crippen LogP contribution < -0.4 is 0 Å². The number of methoxy groups -OCH3 is 2. The van der Waals surface area contributed by atoms with Crippen molar-refractivity contribution in [3.05, 3.63) is 0 Å². The summed E-state index contributed by atoms with van der Waals surface area (Å²) in [6, 6.07) is 0. The highest BCUT2D eigenvalue weighted by atomic mass is 16.8. The predicted molar refractivity (Wildman–Crippen MR) is 56.2 cm³/mol. The van der Waals surface area contributed by atoms with Crippen LogP contribution in [0.15, 0.2) is 0 Å². The molecule has 1 aliphatic heterocycles. The highest BCUT2D eigenvalue weighted by Gasteiger charge is 2.33. The van der Waals surface area contributed by atoms with Crippen LogP contribution in [-0.4, -0.2) is 56.6 Å². The predicted octanol–water partition coefficient (Wildman–Crippen LogP) is -0.135. The second-order valence-corrected chi connectivity index (χ2v) is 3.55. The van der Waals surface area contributed by atoms with Crippen molar-refractivity contribution in [2.75, 3.05) is 27.4 Å². The lowest BCUT2D eigenvalue weighted by atomic mass is 10.4. The Morgan fingerprint density at radius 1 is 1.22 bits per heavy atom. The standard InChI is InChI=1S/C10H15NO7/c1-15-5-7(16-2)6-17-10(14)18-11-8(12)3-4-9(11)13/h7H,3-6H2,1-2H3/t7-/m1/s1. The minimum Gasteiger partial charge on any atom is -0.430 e. The van der Waals surface area contributed by atoms with Gasteiger partial charge < -0.3 is 14.2 Å². The lowest BCUT2D eigenvalue weighted by molar-refractivity contribution is -0.178. The van der Waals surface area contributed by atoms with Crippen molar-refractivity contribution < 1.29 is 33.4 Å². The Morgan fingerprint density at radius 3 is 2.33 bits per heavy atom. The Labute approximate surface area is 104 Å². The molecule has 1 fully saturated rings. The van der Waals surface area contributed by atoms with E-state index in [1.54, 1.807) is 0 Å². The van der Waals surface area contributed by atoms with Gasteiger partial charge in [-0.25, -0.2) is 4.79 Å². The van der Waals surface area contributed by atoms with Gasteiger partial charge in [0.2, 0.25) is 0 Å². The fraction of sp³-hybridized carbons (Fsp3) is 0.700. The van der Waals surface area contributed by atoms with Gasteiger partial charge in [-0.1, -0.05) is 5.06 Å². The maximum Gasteiger partial charge on any atom is 0.534 e. The number of hydrogen-bond donors (Lipinski definition) is 0. The van der Waals surface area contributed by atoms with Crippen LogP contribution in [0.1, 0.15) is 12.8 Å². The SMILES string of the molecule is COC[C@H](COC(=O)ON1C(=O)CCC1=O)OC. The van der Waals surface area contributed by atoms with Gasteiger partial charge in [-0.15, -0.1) is 0 Å². The number of carbonyl (C=O) groups is 3. The van der Waals surface area contributed by atoms with E-state index >= 15 is 0 Å². The maximum absolute atomic E-state index is 11.2. The molecule has 0 N–H and O–H groups in total. The summed E-state index contributed by atoms with van der Waals surface area (Å²) in [4.78, 5) is 38.0. The normalized spacial score (nSPS) is 16.9. The van der Waals surface area contributed by atoms with Gasteiger partial charge in [0.15, 0.2) is 0 Å². The number of hydroxylamine groups is 2. The number of amides is 2. The van der Waals surface area contributed by atoms with Gasteiger partial charge in [0.1, 0.15) is 12.7 Å². The molecule has 18 heavy (non-hydrogen) atoms. The average molecular weight is 261 g/mol. The Bertz CT molecular complexity index is 314. The summed E-state index contributed by atoms with van der Waals surface area (Å²) >= 11 is 0. The van der Waals surface area contributed by atoms with Crippen molar-refractivity contribution in [1.82, 2.24) is 5.06 Å². The van der Waals surface area contributed by atoms with Gasteiger partial charge in [-0.2, -0.15) is 0 Å². The van der Waals surface area contributed by atoms with E-state index in [1.165, 1.54) is 14.2 Å². The number of rotatable bonds is 6. The summed E-state index contributed by atoms with van der Waals surface area (Å²) in [7, 11) is 2.91. The van der Waals surface area contributed by atoms with Crippen LogP contribution in [-0.2, 0) is 28.6 Å². The molecule has 8 heteroatoms. The van der Waals surface area contributed by atoms with Gasteiger partial charge in [0.05, 0.1) is 6.61 Å². The Kier molecular flexibility index (Phi) is 5.53. The van der Waals surface area contributed by atoms with Crippen molar-refractivity contribution in [1.29, 1.82) is 0 Å². The highest BCUT2D eigenvalue weighted by molar-refractivity contribution is 6.01. The fourth-order valence-electron chi connectivity index (χ4n) is 1.29. The van der Waals surface area contributed by atoms with Crippen molar-refractivity contribution in [3.8, 4) is 0 Å². The van der Waals surface area contributed by atoms with Crippen molar-refractivity contribution in [2.45, 2.75) is 18.9 Å². The van der Waals surface area contributed by atoms with E-state index < -0.39 is 24.1 Å². The van der Waals surface area contributed by atoms with Crippen LogP contribution in [0.4, 0.5) is 4.79 Å². The molecule has 0 aromatic heterocycles. The third-order valence-electron chi connectivity index (χ3n) is 2.24. The van der Waals surface area contributed by atoms with Crippen LogP contribution in [0, 0.1) is 0 Å². The number of hydrogen-bond acceptors (Lipinski definition) is 7. The molecule has 0 unspecified atom stereocenters. The first kappa shape index (κ1) is 14.4. The zero-order valence-electron chi connectivity index (χ0n) is 10.2. The first-order chi connectivity index (χ1) is 8.58. The molecule has 0 saturated carbocycles. The molecule has 102 valence electrons. The third kappa shape index (κ3) is 3.97. The van der Waals surface area contributed by atoms with Gasteiger partial charge >= 0.3 is 6.16 Å². The Morgan fingerprint density at radius 2 is 1.83 bits per heavy atom. The van der Waals surface area contributed by atoms with Crippen molar-refractivity contribution in [3.63, 3.8) is 0 Å². The minimum atomic E-state index is -1.13. The van der Waals surface area contributed by atoms with E-state index in [0.717, 1.165) is 0 Å². The number of ether oxygens (including phenoxy) is 3. The molecule has 1 aliphatic rings. The summed E-state index contributed by atoms with van der Waals surface area (Å²) < 4.78 is 14.5. The summed E-state index contributed by atoms with van der Waals surface area (Å²) in [5.41, 5.74) is 0. The van der Waals surface area contributed by atoms with Gasteiger partial charge in [-0.05, 0) is 0 Å². The van der Waals surface area contributed by atoms with Crippen LogP contribution in [0.25, 0.3) is 0 Å². The van der Waals surface area contributed by atoms with E-state index in [2.05, 4.69) is 4.84 Å². The monoisotopic (exact) mass is 261 g/mol. The molecule has 1 heterocycles. The molecule has 0 radical (unpaired) electrons. The van der Waals surface area contributed by atoms with Gasteiger partial charge in [-0.3, -0.25) is 14.4 Å².